The Labute approximate surface area is 227 Å². The lowest BCUT2D eigenvalue weighted by Crippen LogP contribution is -2.37. The highest BCUT2D eigenvalue weighted by Crippen LogP contribution is 2.45. The number of unbranched alkanes of at least 4 members (excludes halogenated alkanes) is 2. The molecule has 4 aromatic rings. The van der Waals surface area contributed by atoms with Crippen LogP contribution in [-0.4, -0.2) is 30.0 Å². The maximum absolute atomic E-state index is 9.34. The number of allylic oxidation sites excluding steroid dienone is 2. The topological polar surface area (TPSA) is 47.6 Å². The van der Waals surface area contributed by atoms with Gasteiger partial charge in [0.15, 0.2) is 0 Å². The zero-order valence-corrected chi connectivity index (χ0v) is 22.6. The van der Waals surface area contributed by atoms with Gasteiger partial charge in [0, 0.05) is 43.2 Å². The number of thiophene rings is 1. The molecule has 6 heteroatoms. The van der Waals surface area contributed by atoms with E-state index in [1.165, 1.54) is 42.6 Å². The average molecular weight is 530 g/mol. The maximum Gasteiger partial charge on any atom is 0.223 e. The minimum absolute atomic E-state index is 0.223. The first kappa shape index (κ1) is 25.7. The Morgan fingerprint density at radius 1 is 0.865 bits per heavy atom. The van der Waals surface area contributed by atoms with Crippen molar-refractivity contribution in [2.75, 3.05) is 24.7 Å². The first-order chi connectivity index (χ1) is 18.3. The number of benzene rings is 2. The summed E-state index contributed by atoms with van der Waals surface area (Å²) >= 11 is 3.57. The van der Waals surface area contributed by atoms with Gasteiger partial charge in [-0.2, -0.15) is 4.57 Å². The zero-order valence-electron chi connectivity index (χ0n) is 20.9. The van der Waals surface area contributed by atoms with Gasteiger partial charge >= 0.3 is 0 Å². The fraction of sp³-hybridized carbons (Fsp3) is 0.258. The second-order valence-electron chi connectivity index (χ2n) is 9.08. The Morgan fingerprint density at radius 2 is 1.68 bits per heavy atom. The molecule has 0 amide bonds. The number of aliphatic hydroxyl groups is 2. The Morgan fingerprint density at radius 3 is 2.51 bits per heavy atom. The summed E-state index contributed by atoms with van der Waals surface area (Å²) < 4.78 is 2.40. The summed E-state index contributed by atoms with van der Waals surface area (Å²) in [5.41, 5.74) is 4.87. The minimum atomic E-state index is 0.223. The molecule has 0 radical (unpaired) electrons. The number of aliphatic hydroxyl groups excluding tert-OH is 2. The van der Waals surface area contributed by atoms with Crippen molar-refractivity contribution in [3.05, 3.63) is 94.9 Å². The second-order valence-corrected chi connectivity index (χ2v) is 11.1. The van der Waals surface area contributed by atoms with Crippen LogP contribution in [-0.2, 0) is 6.54 Å². The van der Waals surface area contributed by atoms with Crippen molar-refractivity contribution in [2.24, 2.45) is 0 Å². The van der Waals surface area contributed by atoms with Gasteiger partial charge in [-0.05, 0) is 60.5 Å². The monoisotopic (exact) mass is 529 g/mol. The Kier molecular flexibility index (Phi) is 8.74. The predicted molar refractivity (Wildman–Crippen MR) is 157 cm³/mol. The van der Waals surface area contributed by atoms with E-state index in [4.69, 9.17) is 0 Å². The predicted octanol–water partition coefficient (Wildman–Crippen LogP) is 6.87. The van der Waals surface area contributed by atoms with Gasteiger partial charge in [0.2, 0.25) is 11.2 Å². The molecule has 4 nitrogen and oxygen atoms in total. The molecule has 5 rings (SSSR count). The molecule has 2 N–H and O–H groups in total. The van der Waals surface area contributed by atoms with Gasteiger partial charge in [0.05, 0.1) is 21.0 Å². The fourth-order valence-electron chi connectivity index (χ4n) is 4.80. The van der Waals surface area contributed by atoms with E-state index in [-0.39, 0.29) is 13.2 Å². The standard InChI is InChI=1S/C31H33N2O2S2/c34-20-7-5-18-32-26-13-2-1-12-25(26)24(23-28(32)29-16-10-22-36-29)11-9-17-31-33(19-6-8-21-35)27-14-3-4-15-30(27)37-31/h1-4,9-17,22-23,34-35H,5-8,18-21H2/q+1. The van der Waals surface area contributed by atoms with E-state index < -0.39 is 0 Å². The van der Waals surface area contributed by atoms with Crippen molar-refractivity contribution in [1.29, 1.82) is 0 Å². The summed E-state index contributed by atoms with van der Waals surface area (Å²) in [5, 5.41) is 23.2. The molecular weight excluding hydrogens is 496 g/mol. The number of nitrogens with zero attached hydrogens (tertiary/aromatic N) is 2. The van der Waals surface area contributed by atoms with Crippen LogP contribution in [0.5, 0.6) is 0 Å². The van der Waals surface area contributed by atoms with Crippen molar-refractivity contribution in [2.45, 2.75) is 37.1 Å². The van der Waals surface area contributed by atoms with E-state index in [9.17, 15) is 10.2 Å². The van der Waals surface area contributed by atoms with Gasteiger partial charge in [-0.15, -0.1) is 11.3 Å². The molecule has 0 unspecified atom stereocenters. The summed E-state index contributed by atoms with van der Waals surface area (Å²) in [5.74, 6) is 0. The molecule has 0 bridgehead atoms. The molecule has 37 heavy (non-hydrogen) atoms. The second kappa shape index (κ2) is 12.6. The molecule has 0 atom stereocenters. The van der Waals surface area contributed by atoms with E-state index in [0.717, 1.165) is 38.8 Å². The van der Waals surface area contributed by atoms with Crippen LogP contribution in [0.15, 0.2) is 94.2 Å². The van der Waals surface area contributed by atoms with Crippen LogP contribution < -0.4 is 9.47 Å². The lowest BCUT2D eigenvalue weighted by atomic mass is 10.0. The molecule has 190 valence electrons. The number of hydrogen-bond acceptors (Lipinski definition) is 5. The SMILES string of the molecule is OCCCCN1/C(=C\C=C\c2cc(-c3cccs3)[n+](CCCCO)c3ccccc23)Sc2ccccc21. The first-order valence-electron chi connectivity index (χ1n) is 12.9. The molecule has 2 aromatic heterocycles. The number of thioether (sulfide) groups is 1. The Bertz CT molecular complexity index is 1400. The highest BCUT2D eigenvalue weighted by Gasteiger charge is 2.24. The van der Waals surface area contributed by atoms with Crippen LogP contribution in [0.25, 0.3) is 27.6 Å². The largest absolute Gasteiger partial charge is 0.396 e. The number of anilines is 1. The molecule has 1 aliphatic rings. The average Bonchev–Trinajstić information content (AvgIpc) is 3.58. The molecule has 0 saturated carbocycles. The van der Waals surface area contributed by atoms with Crippen molar-refractivity contribution in [1.82, 2.24) is 0 Å². The van der Waals surface area contributed by atoms with Gasteiger partial charge in [-0.25, -0.2) is 0 Å². The fourth-order valence-corrected chi connectivity index (χ4v) is 6.65. The third-order valence-electron chi connectivity index (χ3n) is 6.59. The van der Waals surface area contributed by atoms with Gasteiger partial charge in [-0.1, -0.05) is 54.2 Å². The van der Waals surface area contributed by atoms with Gasteiger partial charge in [0.25, 0.3) is 0 Å². The molecule has 0 saturated heterocycles. The number of pyridine rings is 1. The smallest absolute Gasteiger partial charge is 0.223 e. The normalized spacial score (nSPS) is 14.3. The van der Waals surface area contributed by atoms with Gasteiger partial charge in [-0.3, -0.25) is 0 Å². The van der Waals surface area contributed by atoms with Crippen molar-refractivity contribution >= 4 is 45.8 Å². The number of hydrogen-bond donors (Lipinski definition) is 2. The van der Waals surface area contributed by atoms with Gasteiger partial charge in [0.1, 0.15) is 6.54 Å². The maximum atomic E-state index is 9.34. The third-order valence-corrected chi connectivity index (χ3v) is 8.62. The zero-order chi connectivity index (χ0) is 25.5. The summed E-state index contributed by atoms with van der Waals surface area (Å²) in [6.07, 6.45) is 10.1. The number of aromatic nitrogens is 1. The van der Waals surface area contributed by atoms with Crippen molar-refractivity contribution in [3.63, 3.8) is 0 Å². The van der Waals surface area contributed by atoms with Crippen molar-refractivity contribution < 1.29 is 14.8 Å². The summed E-state index contributed by atoms with van der Waals surface area (Å²) in [7, 11) is 0. The van der Waals surface area contributed by atoms with Crippen LogP contribution in [0.2, 0.25) is 0 Å². The lowest BCUT2D eigenvalue weighted by molar-refractivity contribution is -0.660. The van der Waals surface area contributed by atoms with E-state index in [0.29, 0.717) is 0 Å². The van der Waals surface area contributed by atoms with E-state index >= 15 is 0 Å². The summed E-state index contributed by atoms with van der Waals surface area (Å²) in [6, 6.07) is 23.7. The lowest BCUT2D eigenvalue weighted by Gasteiger charge is -2.20. The summed E-state index contributed by atoms with van der Waals surface area (Å²) in [6.45, 7) is 2.23. The number of fused-ring (bicyclic) bond motifs is 2. The van der Waals surface area contributed by atoms with Crippen LogP contribution in [0.3, 0.4) is 0 Å². The van der Waals surface area contributed by atoms with Crippen LogP contribution >= 0.6 is 23.1 Å². The van der Waals surface area contributed by atoms with E-state index in [1.54, 1.807) is 23.1 Å². The number of para-hydroxylation sites is 2. The quantitative estimate of drug-likeness (QED) is 0.164. The van der Waals surface area contributed by atoms with Gasteiger partial charge < -0.3 is 15.1 Å². The molecule has 3 heterocycles. The number of rotatable bonds is 11. The first-order valence-corrected chi connectivity index (χ1v) is 14.6. The molecular formula is C31H33N2O2S2+. The third kappa shape index (κ3) is 5.83. The molecule has 0 aliphatic carbocycles. The highest BCUT2D eigenvalue weighted by molar-refractivity contribution is 8.03. The van der Waals surface area contributed by atoms with E-state index in [2.05, 4.69) is 99.8 Å². The minimum Gasteiger partial charge on any atom is -0.396 e. The highest BCUT2D eigenvalue weighted by atomic mass is 32.2. The van der Waals surface area contributed by atoms with E-state index in [1.807, 2.05) is 0 Å². The molecule has 2 aromatic carbocycles. The Hall–Kier alpha value is -2.90. The van der Waals surface area contributed by atoms with Crippen LogP contribution in [0.1, 0.15) is 31.2 Å². The Balaban J connectivity index is 1.51. The van der Waals surface area contributed by atoms with Crippen LogP contribution in [0.4, 0.5) is 5.69 Å². The molecule has 0 fully saturated rings. The van der Waals surface area contributed by atoms with Crippen LogP contribution in [0, 0.1) is 0 Å². The van der Waals surface area contributed by atoms with Crippen molar-refractivity contribution in [3.8, 4) is 10.6 Å². The molecule has 0 spiro atoms. The summed E-state index contributed by atoms with van der Waals surface area (Å²) in [4.78, 5) is 4.90. The number of aryl methyl sites for hydroxylation is 1. The molecule has 1 aliphatic heterocycles.